The van der Waals surface area contributed by atoms with E-state index in [1.54, 1.807) is 12.1 Å². The summed E-state index contributed by atoms with van der Waals surface area (Å²) in [6.07, 6.45) is 1.52. The number of anilines is 1. The summed E-state index contributed by atoms with van der Waals surface area (Å²) in [6, 6.07) is 18.7. The molecule has 3 aromatic carbocycles. The van der Waals surface area contributed by atoms with Crippen LogP contribution in [0.1, 0.15) is 113 Å². The number of likely N-dealkylation sites (N-methyl/N-ethyl adjacent to an activating group) is 2. The Balaban J connectivity index is 1.33. The Labute approximate surface area is 374 Å². The van der Waals surface area contributed by atoms with E-state index in [0.29, 0.717) is 49.7 Å². The third-order valence-corrected chi connectivity index (χ3v) is 14.5. The van der Waals surface area contributed by atoms with Gasteiger partial charge in [-0.3, -0.25) is 29.0 Å². The predicted molar refractivity (Wildman–Crippen MR) is 238 cm³/mol. The molecule has 0 radical (unpaired) electrons. The molecule has 0 unspecified atom stereocenters. The van der Waals surface area contributed by atoms with E-state index < -0.39 is 59.0 Å². The molecule has 64 heavy (non-hydrogen) atoms. The molecule has 6 N–H and O–H groups in total. The Morgan fingerprint density at radius 2 is 1.02 bits per heavy atom. The first-order valence-electron chi connectivity index (χ1n) is 22.3. The number of benzene rings is 3. The van der Waals surface area contributed by atoms with E-state index in [1.807, 2.05) is 76.2 Å². The molecule has 15 nitrogen and oxygen atoms in total. The molecular formula is C48H62FN7O8. The van der Waals surface area contributed by atoms with Crippen LogP contribution in [0.15, 0.2) is 72.8 Å². The van der Waals surface area contributed by atoms with Crippen LogP contribution in [-0.4, -0.2) is 105 Å². The first-order valence-corrected chi connectivity index (χ1v) is 22.3. The number of amides is 6. The van der Waals surface area contributed by atoms with Crippen molar-refractivity contribution in [1.82, 2.24) is 19.6 Å². The lowest BCUT2D eigenvalue weighted by Gasteiger charge is -2.41. The van der Waals surface area contributed by atoms with Crippen LogP contribution in [0.4, 0.5) is 19.7 Å². The van der Waals surface area contributed by atoms with Gasteiger partial charge in [-0.1, -0.05) is 89.1 Å². The quantitative estimate of drug-likeness (QED) is 0.130. The third-order valence-electron chi connectivity index (χ3n) is 14.5. The number of carbonyl (C=O) groups is 6. The Bertz CT molecular complexity index is 2090. The van der Waals surface area contributed by atoms with E-state index >= 15 is 0 Å². The van der Waals surface area contributed by atoms with Gasteiger partial charge in [0.15, 0.2) is 0 Å². The summed E-state index contributed by atoms with van der Waals surface area (Å²) in [5, 5.41) is 19.7. The number of halogens is 1. The number of hydrogen-bond donors (Lipinski definition) is 4. The summed E-state index contributed by atoms with van der Waals surface area (Å²) in [4.78, 5) is 86.9. The summed E-state index contributed by atoms with van der Waals surface area (Å²) in [6.45, 7) is 7.86. The number of primary amides is 2. The molecule has 3 saturated heterocycles. The fraction of sp³-hybridized carbons (Fsp3) is 0.500. The lowest BCUT2D eigenvalue weighted by molar-refractivity contribution is -0.149. The van der Waals surface area contributed by atoms with Gasteiger partial charge in [0, 0.05) is 32.9 Å². The molecule has 6 rings (SSSR count). The molecule has 6 amide bonds. The summed E-state index contributed by atoms with van der Waals surface area (Å²) < 4.78 is 14.4. The molecular weight excluding hydrogens is 822 g/mol. The van der Waals surface area contributed by atoms with Gasteiger partial charge in [-0.05, 0) is 96.9 Å². The third kappa shape index (κ3) is 8.22. The average Bonchev–Trinajstić information content (AvgIpc) is 4.05. The van der Waals surface area contributed by atoms with Crippen LogP contribution in [0.2, 0.25) is 0 Å². The second-order valence-electron chi connectivity index (χ2n) is 17.8. The second kappa shape index (κ2) is 18.9. The molecule has 3 aromatic rings. The van der Waals surface area contributed by atoms with Gasteiger partial charge in [-0.25, -0.2) is 14.0 Å². The number of rotatable bonds is 15. The van der Waals surface area contributed by atoms with Gasteiger partial charge >= 0.3 is 12.2 Å². The zero-order valence-corrected chi connectivity index (χ0v) is 37.6. The highest BCUT2D eigenvalue weighted by atomic mass is 19.1. The highest BCUT2D eigenvalue weighted by molar-refractivity contribution is 5.96. The summed E-state index contributed by atoms with van der Waals surface area (Å²) in [5.41, 5.74) is 13.0. The molecule has 16 heteroatoms. The van der Waals surface area contributed by atoms with Crippen molar-refractivity contribution in [2.45, 2.75) is 114 Å². The Morgan fingerprint density at radius 1 is 0.656 bits per heavy atom. The van der Waals surface area contributed by atoms with E-state index in [4.69, 9.17) is 11.5 Å². The Hall–Kier alpha value is -6.19. The largest absolute Gasteiger partial charge is 0.465 e. The standard InChI is InChI=1S/C48H62FN7O8/c1-7-29(3)39(52(5)45(61)62)41(57)54-27-9-25-47(54,43(50)59)33-15-11-31(12-16-33)37-23-24-38(56(37)36-21-19-35(49)20-22-36)32-13-17-34(18-14-32)48(44(51)60)26-10-28-55(48)42(58)40(30(4)8-2)53(6)46(63)64/h11-22,29-30,37-40H,7-10,23-28H2,1-6H3,(H2,50,59)(H2,51,60)(H,61,62)(H,63,64)/t29-,30-,37+,38+,39-,40-,47-,48-/m0/s1. The minimum absolute atomic E-state index is 0.211. The van der Waals surface area contributed by atoms with Crippen molar-refractivity contribution in [1.29, 1.82) is 0 Å². The molecule has 3 aliphatic rings. The van der Waals surface area contributed by atoms with Crippen LogP contribution in [0.5, 0.6) is 0 Å². The lowest BCUT2D eigenvalue weighted by Crippen LogP contribution is -2.59. The monoisotopic (exact) mass is 883 g/mol. The van der Waals surface area contributed by atoms with Crippen LogP contribution in [0.3, 0.4) is 0 Å². The van der Waals surface area contributed by atoms with Crippen molar-refractivity contribution in [3.8, 4) is 0 Å². The first-order chi connectivity index (χ1) is 30.4. The van der Waals surface area contributed by atoms with Crippen LogP contribution in [-0.2, 0) is 30.3 Å². The van der Waals surface area contributed by atoms with E-state index in [-0.39, 0.29) is 55.7 Å². The Morgan fingerprint density at radius 3 is 1.33 bits per heavy atom. The molecule has 0 spiro atoms. The van der Waals surface area contributed by atoms with Gasteiger partial charge in [-0.2, -0.15) is 0 Å². The summed E-state index contributed by atoms with van der Waals surface area (Å²) in [7, 11) is 2.73. The van der Waals surface area contributed by atoms with Crippen molar-refractivity contribution in [2.24, 2.45) is 23.3 Å². The molecule has 3 heterocycles. The van der Waals surface area contributed by atoms with Crippen molar-refractivity contribution < 1.29 is 43.4 Å². The maximum Gasteiger partial charge on any atom is 0.407 e. The van der Waals surface area contributed by atoms with Gasteiger partial charge in [0.05, 0.1) is 12.1 Å². The minimum Gasteiger partial charge on any atom is -0.465 e. The number of nitrogens with two attached hydrogens (primary N) is 2. The van der Waals surface area contributed by atoms with Crippen molar-refractivity contribution in [3.05, 3.63) is 101 Å². The maximum absolute atomic E-state index is 14.4. The molecule has 3 fully saturated rings. The van der Waals surface area contributed by atoms with Crippen molar-refractivity contribution in [3.63, 3.8) is 0 Å². The summed E-state index contributed by atoms with van der Waals surface area (Å²) in [5.74, 6) is -3.37. The number of nitrogens with zero attached hydrogens (tertiary/aromatic N) is 5. The number of hydrogen-bond acceptors (Lipinski definition) is 7. The molecule has 0 aliphatic carbocycles. The molecule has 8 atom stereocenters. The maximum atomic E-state index is 14.4. The smallest absolute Gasteiger partial charge is 0.407 e. The topological polar surface area (TPSA) is 211 Å². The number of likely N-dealkylation sites (tertiary alicyclic amines) is 2. The summed E-state index contributed by atoms with van der Waals surface area (Å²) >= 11 is 0. The Kier molecular flexibility index (Phi) is 14.0. The van der Waals surface area contributed by atoms with Crippen LogP contribution >= 0.6 is 0 Å². The van der Waals surface area contributed by atoms with Crippen molar-refractivity contribution >= 4 is 41.5 Å². The SMILES string of the molecule is CC[C@H](C)[C@@H](C(=O)N1CCC[C@@]1(C(N)=O)c1ccc([C@H]2CC[C@H](c3ccc([C@]4(C(N)=O)CCCN4C(=O)[C@H]([C@@H](C)CC)N(C)C(=O)O)cc3)N2c2ccc(F)cc2)cc1)N(C)C(=O)O. The van der Waals surface area contributed by atoms with Gasteiger partial charge in [0.2, 0.25) is 23.6 Å². The van der Waals surface area contributed by atoms with E-state index in [2.05, 4.69) is 4.90 Å². The van der Waals surface area contributed by atoms with Gasteiger partial charge < -0.3 is 36.4 Å². The van der Waals surface area contributed by atoms with Gasteiger partial charge in [-0.15, -0.1) is 0 Å². The van der Waals surface area contributed by atoms with Gasteiger partial charge in [0.1, 0.15) is 29.0 Å². The number of carboxylic acid groups (broad SMARTS) is 2. The molecule has 0 bridgehead atoms. The normalized spacial score (nSPS) is 23.9. The zero-order valence-electron chi connectivity index (χ0n) is 37.6. The highest BCUT2D eigenvalue weighted by Gasteiger charge is 2.54. The lowest BCUT2D eigenvalue weighted by atomic mass is 9.84. The molecule has 344 valence electrons. The number of carbonyl (C=O) groups excluding carboxylic acids is 4. The van der Waals surface area contributed by atoms with Crippen LogP contribution in [0.25, 0.3) is 0 Å². The zero-order chi connectivity index (χ0) is 46.8. The van der Waals surface area contributed by atoms with E-state index in [1.165, 1.54) is 36.0 Å². The predicted octanol–water partition coefficient (Wildman–Crippen LogP) is 6.56. The second-order valence-corrected chi connectivity index (χ2v) is 17.8. The molecule has 3 aliphatic heterocycles. The van der Waals surface area contributed by atoms with Gasteiger partial charge in [0.25, 0.3) is 0 Å². The minimum atomic E-state index is -1.49. The van der Waals surface area contributed by atoms with Crippen LogP contribution < -0.4 is 16.4 Å². The van der Waals surface area contributed by atoms with E-state index in [9.17, 15) is 43.4 Å². The van der Waals surface area contributed by atoms with E-state index in [0.717, 1.165) is 26.6 Å². The fourth-order valence-electron chi connectivity index (χ4n) is 10.6. The molecule has 0 saturated carbocycles. The molecule has 0 aromatic heterocycles. The first kappa shape index (κ1) is 47.3. The average molecular weight is 884 g/mol. The highest BCUT2D eigenvalue weighted by Crippen LogP contribution is 2.49. The van der Waals surface area contributed by atoms with Crippen molar-refractivity contribution in [2.75, 3.05) is 32.1 Å². The van der Waals surface area contributed by atoms with Crippen LogP contribution in [0, 0.1) is 17.7 Å². The fourth-order valence-corrected chi connectivity index (χ4v) is 10.6.